The molecule has 1 amide bonds. The molecule has 1 aromatic rings. The molecule has 1 saturated carbocycles. The van der Waals surface area contributed by atoms with Crippen LogP contribution >= 0.6 is 11.8 Å². The molecule has 1 N–H and O–H groups in total. The van der Waals surface area contributed by atoms with Gasteiger partial charge in [-0.25, -0.2) is 0 Å². The number of carbonyl (C=O) groups is 2. The van der Waals surface area contributed by atoms with E-state index < -0.39 is 11.9 Å². The summed E-state index contributed by atoms with van der Waals surface area (Å²) >= 11 is 1.36. The van der Waals surface area contributed by atoms with Crippen molar-refractivity contribution in [2.45, 2.75) is 37.9 Å². The Morgan fingerprint density at radius 1 is 1.57 bits per heavy atom. The van der Waals surface area contributed by atoms with Crippen molar-refractivity contribution < 1.29 is 14.7 Å². The lowest BCUT2D eigenvalue weighted by atomic mass is 10.2. The standard InChI is InChI=1S/C13H20N4O3S/c1-3-16(6-9(2)12(19)20)11(18)7-21-13-15-14-8-17(13)10-4-5-10/h8-10H,3-7H2,1-2H3,(H,19,20). The van der Waals surface area contributed by atoms with Gasteiger partial charge < -0.3 is 14.6 Å². The molecule has 0 spiro atoms. The maximum atomic E-state index is 12.2. The van der Waals surface area contributed by atoms with Gasteiger partial charge in [-0.3, -0.25) is 9.59 Å². The lowest BCUT2D eigenvalue weighted by molar-refractivity contribution is -0.142. The molecule has 0 radical (unpaired) electrons. The SMILES string of the molecule is CCN(CC(C)C(=O)O)C(=O)CSc1nncn1C1CC1. The second kappa shape index (κ2) is 6.93. The molecular formula is C13H20N4O3S. The molecule has 0 aliphatic heterocycles. The summed E-state index contributed by atoms with van der Waals surface area (Å²) < 4.78 is 2.01. The van der Waals surface area contributed by atoms with Crippen LogP contribution in [-0.4, -0.2) is 55.5 Å². The molecular weight excluding hydrogens is 292 g/mol. The number of nitrogens with zero attached hydrogens (tertiary/aromatic N) is 4. The van der Waals surface area contributed by atoms with Crippen molar-refractivity contribution in [3.8, 4) is 0 Å². The van der Waals surface area contributed by atoms with Crippen LogP contribution < -0.4 is 0 Å². The molecule has 1 unspecified atom stereocenters. The maximum absolute atomic E-state index is 12.2. The van der Waals surface area contributed by atoms with Crippen LogP contribution in [0.1, 0.15) is 32.7 Å². The average molecular weight is 312 g/mol. The fourth-order valence-corrected chi connectivity index (χ4v) is 2.86. The van der Waals surface area contributed by atoms with Gasteiger partial charge in [0.2, 0.25) is 5.91 Å². The monoisotopic (exact) mass is 312 g/mol. The number of aromatic nitrogens is 3. The highest BCUT2D eigenvalue weighted by Crippen LogP contribution is 2.37. The van der Waals surface area contributed by atoms with Gasteiger partial charge >= 0.3 is 5.97 Å². The number of carbonyl (C=O) groups excluding carboxylic acids is 1. The molecule has 0 aromatic carbocycles. The minimum absolute atomic E-state index is 0.0686. The Bertz CT molecular complexity index is 515. The van der Waals surface area contributed by atoms with Gasteiger partial charge in [-0.1, -0.05) is 18.7 Å². The molecule has 0 saturated heterocycles. The highest BCUT2D eigenvalue weighted by atomic mass is 32.2. The van der Waals surface area contributed by atoms with Gasteiger partial charge in [0.15, 0.2) is 5.16 Å². The molecule has 1 aromatic heterocycles. The van der Waals surface area contributed by atoms with E-state index in [1.54, 1.807) is 18.2 Å². The van der Waals surface area contributed by atoms with Gasteiger partial charge in [0.25, 0.3) is 0 Å². The maximum Gasteiger partial charge on any atom is 0.308 e. The first kappa shape index (κ1) is 15.8. The van der Waals surface area contributed by atoms with Crippen molar-refractivity contribution in [2.24, 2.45) is 5.92 Å². The fraction of sp³-hybridized carbons (Fsp3) is 0.692. The Kier molecular flexibility index (Phi) is 5.22. The van der Waals surface area contributed by atoms with Crippen LogP contribution in [0.5, 0.6) is 0 Å². The van der Waals surface area contributed by atoms with Crippen molar-refractivity contribution in [2.75, 3.05) is 18.8 Å². The van der Waals surface area contributed by atoms with Crippen LogP contribution in [0.2, 0.25) is 0 Å². The highest BCUT2D eigenvalue weighted by molar-refractivity contribution is 7.99. The Labute approximate surface area is 127 Å². The second-order valence-corrected chi connectivity index (χ2v) is 6.15. The van der Waals surface area contributed by atoms with E-state index in [0.717, 1.165) is 18.0 Å². The summed E-state index contributed by atoms with van der Waals surface area (Å²) in [5.41, 5.74) is 0. The van der Waals surface area contributed by atoms with Gasteiger partial charge in [0.1, 0.15) is 6.33 Å². The molecule has 1 aliphatic rings. The van der Waals surface area contributed by atoms with Crippen molar-refractivity contribution in [1.82, 2.24) is 19.7 Å². The average Bonchev–Trinajstić information content (AvgIpc) is 3.20. The lowest BCUT2D eigenvalue weighted by Gasteiger charge is -2.22. The van der Waals surface area contributed by atoms with E-state index in [4.69, 9.17) is 5.11 Å². The van der Waals surface area contributed by atoms with E-state index in [-0.39, 0.29) is 18.2 Å². The van der Waals surface area contributed by atoms with E-state index in [1.807, 2.05) is 11.5 Å². The molecule has 21 heavy (non-hydrogen) atoms. The number of thioether (sulfide) groups is 1. The summed E-state index contributed by atoms with van der Waals surface area (Å²) in [7, 11) is 0. The minimum atomic E-state index is -0.887. The summed E-state index contributed by atoms with van der Waals surface area (Å²) in [6.07, 6.45) is 3.97. The third kappa shape index (κ3) is 4.20. The normalized spacial score (nSPS) is 15.7. The highest BCUT2D eigenvalue weighted by Gasteiger charge is 2.27. The molecule has 116 valence electrons. The molecule has 1 heterocycles. The number of amides is 1. The molecule has 8 heteroatoms. The third-order valence-electron chi connectivity index (χ3n) is 3.46. The Morgan fingerprint density at radius 3 is 2.86 bits per heavy atom. The van der Waals surface area contributed by atoms with Gasteiger partial charge in [0.05, 0.1) is 11.7 Å². The Balaban J connectivity index is 1.87. The van der Waals surface area contributed by atoms with E-state index in [9.17, 15) is 9.59 Å². The zero-order valence-electron chi connectivity index (χ0n) is 12.2. The van der Waals surface area contributed by atoms with Gasteiger partial charge in [0, 0.05) is 19.1 Å². The molecule has 2 rings (SSSR count). The molecule has 0 bridgehead atoms. The van der Waals surface area contributed by atoms with Crippen LogP contribution in [0.4, 0.5) is 0 Å². The largest absolute Gasteiger partial charge is 0.481 e. The molecule has 1 atom stereocenters. The number of hydrogen-bond acceptors (Lipinski definition) is 5. The minimum Gasteiger partial charge on any atom is -0.481 e. The fourth-order valence-electron chi connectivity index (χ4n) is 1.97. The van der Waals surface area contributed by atoms with Crippen LogP contribution in [0.15, 0.2) is 11.5 Å². The quantitative estimate of drug-likeness (QED) is 0.727. The number of hydrogen-bond donors (Lipinski definition) is 1. The number of rotatable bonds is 8. The number of carboxylic acid groups (broad SMARTS) is 1. The Morgan fingerprint density at radius 2 is 2.29 bits per heavy atom. The third-order valence-corrected chi connectivity index (χ3v) is 4.40. The van der Waals surface area contributed by atoms with E-state index >= 15 is 0 Å². The molecule has 7 nitrogen and oxygen atoms in total. The van der Waals surface area contributed by atoms with E-state index in [1.165, 1.54) is 11.8 Å². The van der Waals surface area contributed by atoms with Crippen molar-refractivity contribution >= 4 is 23.6 Å². The van der Waals surface area contributed by atoms with Crippen LogP contribution in [0.3, 0.4) is 0 Å². The second-order valence-electron chi connectivity index (χ2n) is 5.21. The van der Waals surface area contributed by atoms with Crippen molar-refractivity contribution in [1.29, 1.82) is 0 Å². The summed E-state index contributed by atoms with van der Waals surface area (Å²) in [5, 5.41) is 17.6. The first-order valence-corrected chi connectivity index (χ1v) is 8.04. The lowest BCUT2D eigenvalue weighted by Crippen LogP contribution is -2.37. The molecule has 1 aliphatic carbocycles. The topological polar surface area (TPSA) is 88.3 Å². The zero-order valence-corrected chi connectivity index (χ0v) is 13.0. The van der Waals surface area contributed by atoms with Gasteiger partial charge in [-0.05, 0) is 19.8 Å². The first-order chi connectivity index (χ1) is 10.0. The van der Waals surface area contributed by atoms with Crippen LogP contribution in [-0.2, 0) is 9.59 Å². The predicted octanol–water partition coefficient (Wildman–Crippen LogP) is 1.27. The van der Waals surface area contributed by atoms with E-state index in [2.05, 4.69) is 10.2 Å². The summed E-state index contributed by atoms with van der Waals surface area (Å²) in [6, 6.07) is 0.479. The zero-order chi connectivity index (χ0) is 15.4. The Hall–Kier alpha value is -1.57. The van der Waals surface area contributed by atoms with Crippen LogP contribution in [0, 0.1) is 5.92 Å². The van der Waals surface area contributed by atoms with E-state index in [0.29, 0.717) is 12.6 Å². The smallest absolute Gasteiger partial charge is 0.308 e. The van der Waals surface area contributed by atoms with Crippen molar-refractivity contribution in [3.63, 3.8) is 0 Å². The summed E-state index contributed by atoms with van der Waals surface area (Å²) in [6.45, 7) is 4.20. The summed E-state index contributed by atoms with van der Waals surface area (Å²) in [4.78, 5) is 24.6. The van der Waals surface area contributed by atoms with Gasteiger partial charge in [-0.2, -0.15) is 0 Å². The number of carboxylic acids is 1. The predicted molar refractivity (Wildman–Crippen MR) is 78.1 cm³/mol. The van der Waals surface area contributed by atoms with Crippen molar-refractivity contribution in [3.05, 3.63) is 6.33 Å². The summed E-state index contributed by atoms with van der Waals surface area (Å²) in [5.74, 6) is -1.26. The van der Waals surface area contributed by atoms with Gasteiger partial charge in [-0.15, -0.1) is 10.2 Å². The number of aliphatic carboxylic acids is 1. The van der Waals surface area contributed by atoms with Crippen LogP contribution in [0.25, 0.3) is 0 Å². The first-order valence-electron chi connectivity index (χ1n) is 7.05. The molecule has 1 fully saturated rings.